The maximum absolute atomic E-state index is 2.43. The lowest BCUT2D eigenvalue weighted by Gasteiger charge is -2.41. The first kappa shape index (κ1) is 23.3. The van der Waals surface area contributed by atoms with Crippen LogP contribution in [-0.4, -0.2) is 4.57 Å². The van der Waals surface area contributed by atoms with Gasteiger partial charge in [-0.1, -0.05) is 82.1 Å². The van der Waals surface area contributed by atoms with Gasteiger partial charge in [-0.25, -0.2) is 0 Å². The molecule has 1 heteroatoms. The predicted octanol–water partition coefficient (Wildman–Crippen LogP) is 8.23. The maximum Gasteiger partial charge on any atom is 0.0427 e. The molecule has 2 rings (SSSR count). The van der Waals surface area contributed by atoms with E-state index in [0.29, 0.717) is 6.04 Å². The summed E-state index contributed by atoms with van der Waals surface area (Å²) < 4.78 is 2.33. The van der Waals surface area contributed by atoms with Crippen molar-refractivity contribution in [2.24, 2.45) is 34.5 Å². The second kappa shape index (κ2) is 9.47. The highest BCUT2D eigenvalue weighted by molar-refractivity contribution is 4.99. The van der Waals surface area contributed by atoms with E-state index in [1.807, 2.05) is 0 Å². The molecule has 1 aliphatic carbocycles. The van der Waals surface area contributed by atoms with Crippen molar-refractivity contribution in [3.05, 3.63) is 24.5 Å². The highest BCUT2D eigenvalue weighted by Gasteiger charge is 2.35. The zero-order chi connectivity index (χ0) is 20.1. The molecule has 152 valence electrons. The van der Waals surface area contributed by atoms with Gasteiger partial charge in [0, 0.05) is 18.4 Å². The molecular weight excluding hydrogens is 314 g/mol. The van der Waals surface area contributed by atoms with E-state index in [4.69, 9.17) is 0 Å². The molecule has 1 saturated carbocycles. The molecular formula is C25H47N. The summed E-state index contributed by atoms with van der Waals surface area (Å²) in [5, 5.41) is 0. The molecule has 1 aliphatic rings. The molecule has 1 aromatic heterocycles. The number of hydrogen-bond acceptors (Lipinski definition) is 0. The van der Waals surface area contributed by atoms with Gasteiger partial charge >= 0.3 is 0 Å². The molecule has 4 atom stereocenters. The monoisotopic (exact) mass is 361 g/mol. The summed E-state index contributed by atoms with van der Waals surface area (Å²) >= 11 is 0. The lowest BCUT2D eigenvalue weighted by atomic mass is 9.72. The van der Waals surface area contributed by atoms with Gasteiger partial charge in [0.15, 0.2) is 0 Å². The first-order chi connectivity index (χ1) is 11.8. The molecule has 1 heterocycles. The molecule has 0 bridgehead atoms. The fraction of sp³-hybridized carbons (Fsp3) is 0.840. The van der Waals surface area contributed by atoms with Crippen LogP contribution >= 0.6 is 0 Å². The second-order valence-electron chi connectivity index (χ2n) is 11.5. The van der Waals surface area contributed by atoms with Crippen molar-refractivity contribution < 1.29 is 0 Å². The summed E-state index contributed by atoms with van der Waals surface area (Å²) in [4.78, 5) is 0. The average molecular weight is 362 g/mol. The SMILES string of the molecule is CC(C)(C)C(n1cccc1)C(C)(C)C.CC1CCC(C)C(C)CC(C)C1. The topological polar surface area (TPSA) is 4.93 Å². The fourth-order valence-electron chi connectivity index (χ4n) is 5.31. The van der Waals surface area contributed by atoms with Crippen molar-refractivity contribution in [2.75, 3.05) is 0 Å². The molecule has 0 N–H and O–H groups in total. The minimum atomic E-state index is 0.289. The third-order valence-electron chi connectivity index (χ3n) is 6.23. The Hall–Kier alpha value is -0.720. The Morgan fingerprint density at radius 3 is 1.65 bits per heavy atom. The van der Waals surface area contributed by atoms with Crippen LogP contribution in [0.15, 0.2) is 24.5 Å². The van der Waals surface area contributed by atoms with Crippen LogP contribution in [0.5, 0.6) is 0 Å². The second-order valence-corrected chi connectivity index (χ2v) is 11.5. The fourth-order valence-corrected chi connectivity index (χ4v) is 5.31. The quantitative estimate of drug-likeness (QED) is 0.474. The van der Waals surface area contributed by atoms with E-state index in [-0.39, 0.29) is 10.8 Å². The van der Waals surface area contributed by atoms with Crippen molar-refractivity contribution in [3.63, 3.8) is 0 Å². The highest BCUT2D eigenvalue weighted by Crippen LogP contribution is 2.43. The van der Waals surface area contributed by atoms with Gasteiger partial charge in [0.1, 0.15) is 0 Å². The largest absolute Gasteiger partial charge is 0.350 e. The Balaban J connectivity index is 0.000000263. The number of aromatic nitrogens is 1. The molecule has 1 nitrogen and oxygen atoms in total. The van der Waals surface area contributed by atoms with Crippen molar-refractivity contribution in [1.82, 2.24) is 4.57 Å². The van der Waals surface area contributed by atoms with Crippen molar-refractivity contribution in [3.8, 4) is 0 Å². The van der Waals surface area contributed by atoms with Gasteiger partial charge in [-0.3, -0.25) is 0 Å². The molecule has 0 saturated heterocycles. The number of rotatable bonds is 1. The number of nitrogens with zero attached hydrogens (tertiary/aromatic N) is 1. The van der Waals surface area contributed by atoms with Crippen LogP contribution in [0.3, 0.4) is 0 Å². The van der Waals surface area contributed by atoms with Crippen molar-refractivity contribution in [1.29, 1.82) is 0 Å². The van der Waals surface area contributed by atoms with Crippen LogP contribution in [0.4, 0.5) is 0 Å². The zero-order valence-electron chi connectivity index (χ0n) is 19.5. The normalized spacial score (nSPS) is 28.1. The Labute approximate surface area is 165 Å². The van der Waals surface area contributed by atoms with Gasteiger partial charge in [-0.2, -0.15) is 0 Å². The summed E-state index contributed by atoms with van der Waals surface area (Å²) in [6.45, 7) is 23.5. The summed E-state index contributed by atoms with van der Waals surface area (Å²) in [5.41, 5.74) is 0.578. The molecule has 0 amide bonds. The van der Waals surface area contributed by atoms with E-state index in [1.54, 1.807) is 0 Å². The van der Waals surface area contributed by atoms with E-state index in [1.165, 1.54) is 25.7 Å². The minimum absolute atomic E-state index is 0.289. The molecule has 4 unspecified atom stereocenters. The zero-order valence-corrected chi connectivity index (χ0v) is 19.5. The van der Waals surface area contributed by atoms with Gasteiger partial charge < -0.3 is 4.57 Å². The van der Waals surface area contributed by atoms with Crippen LogP contribution in [0.1, 0.15) is 101 Å². The maximum atomic E-state index is 2.43. The molecule has 0 spiro atoms. The van der Waals surface area contributed by atoms with Gasteiger partial charge in [0.2, 0.25) is 0 Å². The summed E-state index contributed by atoms with van der Waals surface area (Å²) in [6.07, 6.45) is 10.1. The molecule has 0 aliphatic heterocycles. The van der Waals surface area contributed by atoms with Crippen LogP contribution in [0.25, 0.3) is 0 Å². The molecule has 1 aromatic rings. The predicted molar refractivity (Wildman–Crippen MR) is 118 cm³/mol. The van der Waals surface area contributed by atoms with E-state index >= 15 is 0 Å². The third-order valence-corrected chi connectivity index (χ3v) is 6.23. The summed E-state index contributed by atoms with van der Waals surface area (Å²) in [7, 11) is 0. The van der Waals surface area contributed by atoms with E-state index in [9.17, 15) is 0 Å². The Bertz CT molecular complexity index is 471. The van der Waals surface area contributed by atoms with Crippen molar-refractivity contribution in [2.45, 2.75) is 101 Å². The van der Waals surface area contributed by atoms with Gasteiger partial charge in [-0.15, -0.1) is 0 Å². The van der Waals surface area contributed by atoms with E-state index in [2.05, 4.69) is 98.3 Å². The minimum Gasteiger partial charge on any atom is -0.350 e. The van der Waals surface area contributed by atoms with Gasteiger partial charge in [0.25, 0.3) is 0 Å². The van der Waals surface area contributed by atoms with Crippen LogP contribution in [-0.2, 0) is 0 Å². The van der Waals surface area contributed by atoms with Crippen LogP contribution < -0.4 is 0 Å². The first-order valence-electron chi connectivity index (χ1n) is 10.9. The standard InChI is InChI=1S/C13H23N.C12H24/c1-12(2,3)11(13(4,5)6)14-9-7-8-10-14;1-9-5-6-11(3)12(4)8-10(2)7-9/h7-11H,1-6H3;9-12H,5-8H2,1-4H3. The molecule has 0 radical (unpaired) electrons. The average Bonchev–Trinajstić information content (AvgIpc) is 2.94. The van der Waals surface area contributed by atoms with Crippen molar-refractivity contribution >= 4 is 0 Å². The third kappa shape index (κ3) is 7.49. The Morgan fingerprint density at radius 2 is 1.19 bits per heavy atom. The highest BCUT2D eigenvalue weighted by atomic mass is 15.0. The molecule has 1 fully saturated rings. The lowest BCUT2D eigenvalue weighted by molar-refractivity contribution is 0.111. The van der Waals surface area contributed by atoms with E-state index in [0.717, 1.165) is 23.7 Å². The van der Waals surface area contributed by atoms with Crippen LogP contribution in [0.2, 0.25) is 0 Å². The molecule has 26 heavy (non-hydrogen) atoms. The summed E-state index contributed by atoms with van der Waals surface area (Å²) in [5.74, 6) is 3.83. The van der Waals surface area contributed by atoms with Crippen LogP contribution in [0, 0.1) is 34.5 Å². The number of hydrogen-bond donors (Lipinski definition) is 0. The molecule has 0 aromatic carbocycles. The Morgan fingerprint density at radius 1 is 0.692 bits per heavy atom. The first-order valence-corrected chi connectivity index (χ1v) is 10.9. The van der Waals surface area contributed by atoms with E-state index < -0.39 is 0 Å². The van der Waals surface area contributed by atoms with Gasteiger partial charge in [0.05, 0.1) is 0 Å². The smallest absolute Gasteiger partial charge is 0.0427 e. The lowest BCUT2D eigenvalue weighted by Crippen LogP contribution is -2.34. The summed E-state index contributed by atoms with van der Waals surface area (Å²) in [6, 6.07) is 4.74. The van der Waals surface area contributed by atoms with Gasteiger partial charge in [-0.05, 0) is 59.5 Å². The Kier molecular flexibility index (Phi) is 8.49.